The van der Waals surface area contributed by atoms with Crippen molar-refractivity contribution >= 4 is 5.69 Å². The maximum Gasteiger partial charge on any atom is 0.213 e. The molecule has 0 aliphatic carbocycles. The van der Waals surface area contributed by atoms with Gasteiger partial charge in [0, 0.05) is 12.3 Å². The van der Waals surface area contributed by atoms with Crippen molar-refractivity contribution in [3.63, 3.8) is 0 Å². The minimum absolute atomic E-state index is 0.615. The maximum absolute atomic E-state index is 4.99. The number of aryl methyl sites for hydroxylation is 1. The van der Waals surface area contributed by atoms with E-state index in [1.54, 1.807) is 13.3 Å². The van der Waals surface area contributed by atoms with E-state index in [2.05, 4.69) is 21.4 Å². The molecule has 0 saturated heterocycles. The molecule has 4 nitrogen and oxygen atoms in total. The molecular formula is C13H15N3O. The summed E-state index contributed by atoms with van der Waals surface area (Å²) in [6, 6.07) is 7.82. The topological polar surface area (TPSA) is 47.0 Å². The highest BCUT2D eigenvalue weighted by atomic mass is 16.5. The van der Waals surface area contributed by atoms with E-state index in [0.29, 0.717) is 12.4 Å². The highest BCUT2D eigenvalue weighted by molar-refractivity contribution is 5.42. The van der Waals surface area contributed by atoms with Crippen LogP contribution in [0.1, 0.15) is 11.3 Å². The number of methoxy groups -OCH3 is 1. The zero-order valence-electron chi connectivity index (χ0n) is 9.97. The Kier molecular flexibility index (Phi) is 3.55. The fourth-order valence-corrected chi connectivity index (χ4v) is 1.40. The summed E-state index contributed by atoms with van der Waals surface area (Å²) in [6.07, 6.45) is 3.61. The molecule has 0 amide bonds. The minimum atomic E-state index is 0.615. The third kappa shape index (κ3) is 3.17. The van der Waals surface area contributed by atoms with Gasteiger partial charge in [0.1, 0.15) is 0 Å². The Bertz CT molecular complexity index is 465. The van der Waals surface area contributed by atoms with Gasteiger partial charge in [-0.15, -0.1) is 0 Å². The minimum Gasteiger partial charge on any atom is -0.481 e. The van der Waals surface area contributed by atoms with Crippen LogP contribution in [0.3, 0.4) is 0 Å². The molecule has 2 aromatic heterocycles. The quantitative estimate of drug-likeness (QED) is 0.874. The van der Waals surface area contributed by atoms with Gasteiger partial charge in [-0.25, -0.2) is 4.98 Å². The highest BCUT2D eigenvalue weighted by Crippen LogP contribution is 2.11. The van der Waals surface area contributed by atoms with Crippen LogP contribution in [-0.4, -0.2) is 17.1 Å². The van der Waals surface area contributed by atoms with Gasteiger partial charge in [-0.1, -0.05) is 6.07 Å². The van der Waals surface area contributed by atoms with Crippen LogP contribution in [0, 0.1) is 6.92 Å². The molecule has 2 rings (SSSR count). The molecule has 0 saturated carbocycles. The predicted molar refractivity (Wildman–Crippen MR) is 67.1 cm³/mol. The second kappa shape index (κ2) is 5.30. The summed E-state index contributed by atoms with van der Waals surface area (Å²) in [7, 11) is 1.60. The molecule has 0 aliphatic heterocycles. The molecule has 0 unspecified atom stereocenters. The lowest BCUT2D eigenvalue weighted by Gasteiger charge is -2.06. The van der Waals surface area contributed by atoms with Crippen LogP contribution in [0.25, 0.3) is 0 Å². The SMILES string of the molecule is COc1ccc(NCc2ccc(C)cn2)cn1. The summed E-state index contributed by atoms with van der Waals surface area (Å²) in [5.41, 5.74) is 3.12. The first-order valence-corrected chi connectivity index (χ1v) is 5.43. The van der Waals surface area contributed by atoms with E-state index in [1.165, 1.54) is 5.56 Å². The van der Waals surface area contributed by atoms with Gasteiger partial charge in [-0.3, -0.25) is 4.98 Å². The van der Waals surface area contributed by atoms with Crippen LogP contribution in [0.4, 0.5) is 5.69 Å². The molecule has 2 aromatic rings. The zero-order chi connectivity index (χ0) is 12.1. The fourth-order valence-electron chi connectivity index (χ4n) is 1.40. The number of aromatic nitrogens is 2. The van der Waals surface area contributed by atoms with Gasteiger partial charge in [-0.05, 0) is 24.6 Å². The summed E-state index contributed by atoms with van der Waals surface area (Å²) >= 11 is 0. The van der Waals surface area contributed by atoms with E-state index in [1.807, 2.05) is 31.3 Å². The van der Waals surface area contributed by atoms with E-state index >= 15 is 0 Å². The molecule has 0 aliphatic rings. The molecule has 88 valence electrons. The van der Waals surface area contributed by atoms with Crippen molar-refractivity contribution in [3.05, 3.63) is 47.9 Å². The summed E-state index contributed by atoms with van der Waals surface area (Å²) in [5.74, 6) is 0.615. The number of hydrogen-bond donors (Lipinski definition) is 1. The summed E-state index contributed by atoms with van der Waals surface area (Å²) in [6.45, 7) is 2.71. The first kappa shape index (κ1) is 11.4. The summed E-state index contributed by atoms with van der Waals surface area (Å²) < 4.78 is 4.99. The van der Waals surface area contributed by atoms with Gasteiger partial charge in [0.05, 0.1) is 31.2 Å². The van der Waals surface area contributed by atoms with E-state index < -0.39 is 0 Å². The Morgan fingerprint density at radius 3 is 2.59 bits per heavy atom. The molecule has 0 spiro atoms. The van der Waals surface area contributed by atoms with E-state index in [0.717, 1.165) is 11.4 Å². The maximum atomic E-state index is 4.99. The van der Waals surface area contributed by atoms with Crippen LogP contribution in [0.2, 0.25) is 0 Å². The van der Waals surface area contributed by atoms with Gasteiger partial charge >= 0.3 is 0 Å². The first-order chi connectivity index (χ1) is 8.28. The third-order valence-electron chi connectivity index (χ3n) is 2.39. The van der Waals surface area contributed by atoms with Crippen molar-refractivity contribution < 1.29 is 4.74 Å². The Balaban J connectivity index is 1.95. The van der Waals surface area contributed by atoms with Gasteiger partial charge in [0.15, 0.2) is 0 Å². The molecule has 17 heavy (non-hydrogen) atoms. The lowest BCUT2D eigenvalue weighted by atomic mass is 10.3. The molecule has 0 radical (unpaired) electrons. The predicted octanol–water partition coefficient (Wildman–Crippen LogP) is 2.41. The second-order valence-electron chi connectivity index (χ2n) is 3.77. The van der Waals surface area contributed by atoms with Crippen molar-refractivity contribution in [2.75, 3.05) is 12.4 Å². The normalized spacial score (nSPS) is 10.0. The molecule has 1 N–H and O–H groups in total. The lowest BCUT2D eigenvalue weighted by molar-refractivity contribution is 0.398. The Morgan fingerprint density at radius 2 is 2.00 bits per heavy atom. The number of nitrogens with one attached hydrogen (secondary N) is 1. The average molecular weight is 229 g/mol. The number of rotatable bonds is 4. The fraction of sp³-hybridized carbons (Fsp3) is 0.231. The van der Waals surface area contributed by atoms with E-state index in [-0.39, 0.29) is 0 Å². The van der Waals surface area contributed by atoms with Crippen molar-refractivity contribution in [1.29, 1.82) is 0 Å². The number of ether oxygens (including phenoxy) is 1. The number of hydrogen-bond acceptors (Lipinski definition) is 4. The largest absolute Gasteiger partial charge is 0.481 e. The van der Waals surface area contributed by atoms with Crippen LogP contribution < -0.4 is 10.1 Å². The molecule has 0 fully saturated rings. The van der Waals surface area contributed by atoms with Gasteiger partial charge in [0.2, 0.25) is 5.88 Å². The van der Waals surface area contributed by atoms with Crippen LogP contribution in [0.15, 0.2) is 36.7 Å². The highest BCUT2D eigenvalue weighted by Gasteiger charge is 1.97. The Labute approximate surface area is 101 Å². The van der Waals surface area contributed by atoms with Crippen molar-refractivity contribution in [2.45, 2.75) is 13.5 Å². The Hall–Kier alpha value is -2.10. The number of nitrogens with zero attached hydrogens (tertiary/aromatic N) is 2. The molecule has 0 bridgehead atoms. The zero-order valence-corrected chi connectivity index (χ0v) is 9.97. The van der Waals surface area contributed by atoms with Crippen LogP contribution >= 0.6 is 0 Å². The average Bonchev–Trinajstić information content (AvgIpc) is 2.39. The van der Waals surface area contributed by atoms with Gasteiger partial charge < -0.3 is 10.1 Å². The standard InChI is InChI=1S/C13H15N3O/c1-10-3-4-11(14-7-10)8-15-12-5-6-13(17-2)16-9-12/h3-7,9,15H,8H2,1-2H3. The first-order valence-electron chi connectivity index (χ1n) is 5.43. The number of pyridine rings is 2. The van der Waals surface area contributed by atoms with E-state index in [9.17, 15) is 0 Å². The molecule has 4 heteroatoms. The van der Waals surface area contributed by atoms with Gasteiger partial charge in [-0.2, -0.15) is 0 Å². The molecule has 0 aromatic carbocycles. The molecule has 2 heterocycles. The molecular weight excluding hydrogens is 214 g/mol. The van der Waals surface area contributed by atoms with Crippen molar-refractivity contribution in [2.24, 2.45) is 0 Å². The summed E-state index contributed by atoms with van der Waals surface area (Å²) in [5, 5.41) is 3.25. The summed E-state index contributed by atoms with van der Waals surface area (Å²) in [4.78, 5) is 8.44. The van der Waals surface area contributed by atoms with Crippen LogP contribution in [0.5, 0.6) is 5.88 Å². The smallest absolute Gasteiger partial charge is 0.213 e. The number of anilines is 1. The van der Waals surface area contributed by atoms with Crippen LogP contribution in [-0.2, 0) is 6.54 Å². The van der Waals surface area contributed by atoms with Gasteiger partial charge in [0.25, 0.3) is 0 Å². The monoisotopic (exact) mass is 229 g/mol. The van der Waals surface area contributed by atoms with Crippen molar-refractivity contribution in [1.82, 2.24) is 9.97 Å². The molecule has 0 atom stereocenters. The Morgan fingerprint density at radius 1 is 1.12 bits per heavy atom. The van der Waals surface area contributed by atoms with Crippen molar-refractivity contribution in [3.8, 4) is 5.88 Å². The third-order valence-corrected chi connectivity index (χ3v) is 2.39. The second-order valence-corrected chi connectivity index (χ2v) is 3.77. The lowest BCUT2D eigenvalue weighted by Crippen LogP contribution is -2.02. The van der Waals surface area contributed by atoms with E-state index in [4.69, 9.17) is 4.74 Å².